The molecule has 2 aliphatic heterocycles. The summed E-state index contributed by atoms with van der Waals surface area (Å²) in [5, 5.41) is 3.83. The molecule has 2 heterocycles. The maximum atomic E-state index is 13.8. The molecule has 0 saturated heterocycles. The zero-order valence-corrected chi connectivity index (χ0v) is 21.9. The number of nitrogens with one attached hydrogen (secondary N) is 1. The lowest BCUT2D eigenvalue weighted by atomic mass is 9.75. The fraction of sp³-hybridized carbons (Fsp3) is 0.333. The number of halogens is 1. The van der Waals surface area contributed by atoms with Crippen LogP contribution in [0, 0.1) is 0 Å². The fourth-order valence-corrected chi connectivity index (χ4v) is 5.57. The van der Waals surface area contributed by atoms with Crippen LogP contribution >= 0.6 is 11.6 Å². The summed E-state index contributed by atoms with van der Waals surface area (Å²) >= 11 is 6.00. The lowest BCUT2D eigenvalue weighted by molar-refractivity contribution is -0.124. The third kappa shape index (κ3) is 4.90. The number of carbonyl (C=O) groups is 2. The van der Waals surface area contributed by atoms with Gasteiger partial charge in [0.1, 0.15) is 0 Å². The van der Waals surface area contributed by atoms with E-state index >= 15 is 0 Å². The molecule has 0 saturated carbocycles. The summed E-state index contributed by atoms with van der Waals surface area (Å²) in [6, 6.07) is 18.7. The summed E-state index contributed by atoms with van der Waals surface area (Å²) in [4.78, 5) is 29.2. The average molecular weight is 519 g/mol. The Bertz CT molecular complexity index is 1310. The van der Waals surface area contributed by atoms with Crippen LogP contribution in [0.15, 0.2) is 60.7 Å². The van der Waals surface area contributed by atoms with Crippen LogP contribution in [0.1, 0.15) is 58.4 Å². The van der Waals surface area contributed by atoms with Gasteiger partial charge < -0.3 is 19.7 Å². The van der Waals surface area contributed by atoms with Crippen molar-refractivity contribution in [3.8, 4) is 11.5 Å². The number of fused-ring (bicyclic) bond motifs is 4. The third-order valence-electron chi connectivity index (χ3n) is 7.09. The van der Waals surface area contributed by atoms with Crippen molar-refractivity contribution in [2.75, 3.05) is 26.3 Å². The topological polar surface area (TPSA) is 67.9 Å². The molecule has 0 aliphatic carbocycles. The van der Waals surface area contributed by atoms with E-state index in [4.69, 9.17) is 21.1 Å². The molecular weight excluding hydrogens is 488 g/mol. The van der Waals surface area contributed by atoms with E-state index in [2.05, 4.69) is 5.32 Å². The molecule has 6 nitrogen and oxygen atoms in total. The summed E-state index contributed by atoms with van der Waals surface area (Å²) in [6.07, 6.45) is 1.38. The largest absolute Gasteiger partial charge is 0.490 e. The summed E-state index contributed by atoms with van der Waals surface area (Å²) in [5.74, 6) is 0.665. The molecule has 5 rings (SSSR count). The minimum atomic E-state index is -0.536. The SMILES string of the molecule is CCOc1cc2c(cc1OCC)[C@H]1[C@@H](C(=O)NCCc3ccc(Cl)cc3)c3ccccc3C(=O)N1CC2. The van der Waals surface area contributed by atoms with Crippen LogP contribution in [0.25, 0.3) is 0 Å². The van der Waals surface area contributed by atoms with E-state index < -0.39 is 12.0 Å². The van der Waals surface area contributed by atoms with Crippen molar-refractivity contribution < 1.29 is 19.1 Å². The molecule has 1 N–H and O–H groups in total. The summed E-state index contributed by atoms with van der Waals surface area (Å²) in [6.45, 7) is 5.92. The van der Waals surface area contributed by atoms with Gasteiger partial charge in [-0.15, -0.1) is 0 Å². The maximum absolute atomic E-state index is 13.8. The number of nitrogens with zero attached hydrogens (tertiary/aromatic N) is 1. The highest BCUT2D eigenvalue weighted by Crippen LogP contribution is 2.48. The Hall–Kier alpha value is -3.51. The summed E-state index contributed by atoms with van der Waals surface area (Å²) in [7, 11) is 0. The zero-order valence-electron chi connectivity index (χ0n) is 21.1. The van der Waals surface area contributed by atoms with Crippen molar-refractivity contribution >= 4 is 23.4 Å². The Kier molecular flexibility index (Phi) is 7.38. The highest BCUT2D eigenvalue weighted by atomic mass is 35.5. The van der Waals surface area contributed by atoms with Crippen molar-refractivity contribution in [2.24, 2.45) is 0 Å². The van der Waals surface area contributed by atoms with Crippen LogP contribution in [0.2, 0.25) is 5.02 Å². The number of amides is 2. The molecule has 2 amide bonds. The van der Waals surface area contributed by atoms with Crippen molar-refractivity contribution in [1.82, 2.24) is 10.2 Å². The van der Waals surface area contributed by atoms with Crippen LogP contribution in [0.3, 0.4) is 0 Å². The van der Waals surface area contributed by atoms with E-state index in [1.54, 1.807) is 0 Å². The normalized spacial score (nSPS) is 17.9. The molecule has 192 valence electrons. The van der Waals surface area contributed by atoms with Gasteiger partial charge in [-0.1, -0.05) is 41.9 Å². The van der Waals surface area contributed by atoms with Gasteiger partial charge in [-0.3, -0.25) is 9.59 Å². The Morgan fingerprint density at radius 3 is 2.43 bits per heavy atom. The summed E-state index contributed by atoms with van der Waals surface area (Å²) in [5.41, 5.74) is 4.48. The van der Waals surface area contributed by atoms with E-state index in [1.807, 2.05) is 79.4 Å². The molecule has 0 unspecified atom stereocenters. The number of hydrogen-bond acceptors (Lipinski definition) is 4. The Morgan fingerprint density at radius 2 is 1.70 bits per heavy atom. The monoisotopic (exact) mass is 518 g/mol. The van der Waals surface area contributed by atoms with Gasteiger partial charge in [0.25, 0.3) is 5.91 Å². The lowest BCUT2D eigenvalue weighted by Crippen LogP contribution is -2.50. The molecule has 0 radical (unpaired) electrons. The van der Waals surface area contributed by atoms with E-state index in [0.29, 0.717) is 61.2 Å². The van der Waals surface area contributed by atoms with Crippen LogP contribution < -0.4 is 14.8 Å². The molecule has 3 aromatic rings. The second kappa shape index (κ2) is 10.9. The van der Waals surface area contributed by atoms with Crippen LogP contribution in [0.5, 0.6) is 11.5 Å². The van der Waals surface area contributed by atoms with E-state index in [-0.39, 0.29) is 11.8 Å². The van der Waals surface area contributed by atoms with Gasteiger partial charge >= 0.3 is 0 Å². The summed E-state index contributed by atoms with van der Waals surface area (Å²) < 4.78 is 11.8. The smallest absolute Gasteiger partial charge is 0.254 e. The van der Waals surface area contributed by atoms with E-state index in [1.165, 1.54) is 0 Å². The Balaban J connectivity index is 1.51. The number of carbonyl (C=O) groups excluding carboxylic acids is 2. The van der Waals surface area contributed by atoms with E-state index in [9.17, 15) is 9.59 Å². The second-order valence-corrected chi connectivity index (χ2v) is 9.73. The zero-order chi connectivity index (χ0) is 25.9. The Morgan fingerprint density at radius 1 is 1.00 bits per heavy atom. The highest BCUT2D eigenvalue weighted by Gasteiger charge is 2.46. The third-order valence-corrected chi connectivity index (χ3v) is 7.35. The van der Waals surface area contributed by atoms with Gasteiger partial charge in [-0.25, -0.2) is 0 Å². The van der Waals surface area contributed by atoms with Crippen LogP contribution in [-0.2, 0) is 17.6 Å². The first-order valence-electron chi connectivity index (χ1n) is 12.9. The van der Waals surface area contributed by atoms with E-state index in [0.717, 1.165) is 22.3 Å². The molecule has 7 heteroatoms. The van der Waals surface area contributed by atoms with Crippen molar-refractivity contribution in [3.63, 3.8) is 0 Å². The van der Waals surface area contributed by atoms with Gasteiger partial charge in [0, 0.05) is 23.7 Å². The van der Waals surface area contributed by atoms with Gasteiger partial charge in [-0.2, -0.15) is 0 Å². The molecule has 0 bridgehead atoms. The van der Waals surface area contributed by atoms with Gasteiger partial charge in [-0.05, 0) is 79.3 Å². The molecule has 0 spiro atoms. The second-order valence-electron chi connectivity index (χ2n) is 9.29. The molecule has 0 fully saturated rings. The molecular formula is C30H31ClN2O4. The number of hydrogen-bond donors (Lipinski definition) is 1. The maximum Gasteiger partial charge on any atom is 0.254 e. The predicted octanol–water partition coefficient (Wildman–Crippen LogP) is 5.33. The van der Waals surface area contributed by atoms with Crippen LogP contribution in [0.4, 0.5) is 0 Å². The minimum absolute atomic E-state index is 0.0386. The van der Waals surface area contributed by atoms with Gasteiger partial charge in [0.2, 0.25) is 5.91 Å². The molecule has 2 atom stereocenters. The molecule has 0 aromatic heterocycles. The van der Waals surface area contributed by atoms with Crippen LogP contribution in [-0.4, -0.2) is 43.0 Å². The highest BCUT2D eigenvalue weighted by molar-refractivity contribution is 6.30. The number of ether oxygens (including phenoxy) is 2. The van der Waals surface area contributed by atoms with Gasteiger partial charge in [0.15, 0.2) is 11.5 Å². The van der Waals surface area contributed by atoms with Crippen molar-refractivity contribution in [3.05, 3.63) is 93.5 Å². The molecule has 2 aliphatic rings. The average Bonchev–Trinajstić information content (AvgIpc) is 2.90. The fourth-order valence-electron chi connectivity index (χ4n) is 5.44. The first-order valence-corrected chi connectivity index (χ1v) is 13.2. The number of rotatable bonds is 8. The Labute approximate surface area is 222 Å². The predicted molar refractivity (Wildman–Crippen MR) is 144 cm³/mol. The standard InChI is InChI=1S/C30H31ClN2O4/c1-3-36-25-17-20-14-16-33-28(24(20)18-26(25)37-4-2)27(22-7-5-6-8-23(22)30(33)35)29(34)32-15-13-19-9-11-21(31)12-10-19/h5-12,17-18,27-28H,3-4,13-16H2,1-2H3,(H,32,34)/t27-,28-/m0/s1. The molecule has 37 heavy (non-hydrogen) atoms. The van der Waals surface area contributed by atoms with Crippen molar-refractivity contribution in [2.45, 2.75) is 38.6 Å². The quantitative estimate of drug-likeness (QED) is 0.437. The first-order chi connectivity index (χ1) is 18.0. The van der Waals surface area contributed by atoms with Gasteiger partial charge in [0.05, 0.1) is 25.2 Å². The first kappa shape index (κ1) is 25.2. The molecule has 3 aromatic carbocycles. The minimum Gasteiger partial charge on any atom is -0.490 e. The number of benzene rings is 3. The lowest BCUT2D eigenvalue weighted by Gasteiger charge is -2.45. The van der Waals surface area contributed by atoms with Crippen molar-refractivity contribution in [1.29, 1.82) is 0 Å².